The van der Waals surface area contributed by atoms with Crippen LogP contribution >= 0.6 is 54.1 Å². The molecule has 5 nitrogen and oxygen atoms in total. The lowest BCUT2D eigenvalue weighted by atomic mass is 10.5. The fraction of sp³-hybridized carbons (Fsp3) is 0.692. The summed E-state index contributed by atoms with van der Waals surface area (Å²) >= 11 is 23.4. The molecule has 23 heavy (non-hydrogen) atoms. The van der Waals surface area contributed by atoms with E-state index >= 15 is 0 Å². The first kappa shape index (κ1) is 21.6. The second-order valence-electron chi connectivity index (χ2n) is 4.51. The van der Waals surface area contributed by atoms with Gasteiger partial charge in [0.25, 0.3) is 0 Å². The first-order valence-corrected chi connectivity index (χ1v) is 10.8. The molecular weight excluding hydrogens is 405 g/mol. The number of nitrogens with zero attached hydrogens (tertiary/aromatic N) is 2. The van der Waals surface area contributed by atoms with Gasteiger partial charge in [-0.05, 0) is 12.1 Å². The predicted molar refractivity (Wildman–Crippen MR) is 97.1 cm³/mol. The molecule has 0 aliphatic heterocycles. The SMILES string of the molecule is O=P(OCc1ccco1)(N(CCCl)CCCl)N(CCCl)CCCl. The Morgan fingerprint density at radius 1 is 0.957 bits per heavy atom. The second-order valence-corrected chi connectivity index (χ2v) is 8.39. The van der Waals surface area contributed by atoms with Crippen LogP contribution < -0.4 is 0 Å². The minimum atomic E-state index is -3.38. The minimum Gasteiger partial charge on any atom is -0.467 e. The maximum atomic E-state index is 13.6. The van der Waals surface area contributed by atoms with Gasteiger partial charge >= 0.3 is 7.67 Å². The first-order chi connectivity index (χ1) is 11.1. The summed E-state index contributed by atoms with van der Waals surface area (Å²) in [5.74, 6) is 1.81. The first-order valence-electron chi connectivity index (χ1n) is 7.14. The van der Waals surface area contributed by atoms with E-state index in [4.69, 9.17) is 55.3 Å². The lowest BCUT2D eigenvalue weighted by Crippen LogP contribution is -2.37. The zero-order valence-corrected chi connectivity index (χ0v) is 16.6. The van der Waals surface area contributed by atoms with Gasteiger partial charge in [-0.25, -0.2) is 9.34 Å². The quantitative estimate of drug-likeness (QED) is 0.344. The van der Waals surface area contributed by atoms with E-state index < -0.39 is 7.67 Å². The zero-order chi connectivity index (χ0) is 17.1. The van der Waals surface area contributed by atoms with E-state index in [0.29, 0.717) is 55.5 Å². The number of alkyl halides is 4. The molecule has 0 amide bonds. The Morgan fingerprint density at radius 2 is 1.43 bits per heavy atom. The number of hydrogen-bond acceptors (Lipinski definition) is 3. The summed E-state index contributed by atoms with van der Waals surface area (Å²) in [5, 5.41) is 0. The average Bonchev–Trinajstić information content (AvgIpc) is 3.06. The van der Waals surface area contributed by atoms with Crippen LogP contribution in [0.1, 0.15) is 5.76 Å². The molecule has 0 unspecified atom stereocenters. The summed E-state index contributed by atoms with van der Waals surface area (Å²) < 4.78 is 28.0. The van der Waals surface area contributed by atoms with Gasteiger partial charge in [-0.2, -0.15) is 0 Å². The van der Waals surface area contributed by atoms with Crippen LogP contribution in [-0.4, -0.2) is 59.0 Å². The Bertz CT molecular complexity index is 432. The van der Waals surface area contributed by atoms with Crippen molar-refractivity contribution in [3.05, 3.63) is 24.2 Å². The summed E-state index contributed by atoms with van der Waals surface area (Å²) in [7, 11) is -3.38. The van der Waals surface area contributed by atoms with E-state index in [9.17, 15) is 4.57 Å². The third kappa shape index (κ3) is 6.75. The number of hydrogen-bond donors (Lipinski definition) is 0. The molecule has 0 saturated heterocycles. The third-order valence-electron chi connectivity index (χ3n) is 3.04. The lowest BCUT2D eigenvalue weighted by Gasteiger charge is -2.37. The highest BCUT2D eigenvalue weighted by atomic mass is 35.5. The Hall–Kier alpha value is 0.550. The largest absolute Gasteiger partial charge is 0.467 e. The van der Waals surface area contributed by atoms with Crippen LogP contribution in [-0.2, 0) is 15.7 Å². The van der Waals surface area contributed by atoms with Crippen LogP contribution in [0, 0.1) is 0 Å². The molecule has 0 N–H and O–H groups in total. The van der Waals surface area contributed by atoms with E-state index in [0.717, 1.165) is 0 Å². The highest BCUT2D eigenvalue weighted by molar-refractivity contribution is 7.54. The maximum Gasteiger partial charge on any atom is 0.346 e. The van der Waals surface area contributed by atoms with Crippen LogP contribution in [0.5, 0.6) is 0 Å². The van der Waals surface area contributed by atoms with Crippen molar-refractivity contribution >= 4 is 54.1 Å². The summed E-state index contributed by atoms with van der Waals surface area (Å²) in [6.45, 7) is 1.59. The highest BCUT2D eigenvalue weighted by Gasteiger charge is 2.38. The van der Waals surface area contributed by atoms with Gasteiger partial charge in [0.2, 0.25) is 0 Å². The standard InChI is InChI=1S/C13H21Cl4N2O3P/c14-3-7-18(8-4-15)23(20,19(9-5-16)10-6-17)22-12-13-2-1-11-21-13/h1-2,11H,3-10,12H2. The van der Waals surface area contributed by atoms with E-state index in [2.05, 4.69) is 0 Å². The lowest BCUT2D eigenvalue weighted by molar-refractivity contribution is 0.194. The van der Waals surface area contributed by atoms with Gasteiger partial charge in [-0.15, -0.1) is 46.4 Å². The molecule has 0 atom stereocenters. The Kier molecular flexibility index (Phi) is 11.3. The van der Waals surface area contributed by atoms with E-state index in [-0.39, 0.29) is 6.61 Å². The molecule has 1 aromatic heterocycles. The van der Waals surface area contributed by atoms with Crippen LogP contribution in [0.4, 0.5) is 0 Å². The normalized spacial score (nSPS) is 12.4. The molecule has 1 heterocycles. The topological polar surface area (TPSA) is 45.9 Å². The summed E-state index contributed by atoms with van der Waals surface area (Å²) in [5.41, 5.74) is 0. The molecule has 0 saturated carbocycles. The van der Waals surface area contributed by atoms with Crippen molar-refractivity contribution in [2.24, 2.45) is 0 Å². The minimum absolute atomic E-state index is 0.0758. The van der Waals surface area contributed by atoms with Crippen LogP contribution in [0.25, 0.3) is 0 Å². The van der Waals surface area contributed by atoms with Gasteiger partial charge in [-0.3, -0.25) is 9.09 Å². The third-order valence-corrected chi connectivity index (χ3v) is 6.41. The monoisotopic (exact) mass is 424 g/mol. The van der Waals surface area contributed by atoms with Crippen LogP contribution in [0.2, 0.25) is 0 Å². The molecule has 10 heteroatoms. The van der Waals surface area contributed by atoms with Crippen molar-refractivity contribution < 1.29 is 13.5 Å². The maximum absolute atomic E-state index is 13.6. The highest BCUT2D eigenvalue weighted by Crippen LogP contribution is 2.54. The van der Waals surface area contributed by atoms with Crippen LogP contribution in [0.3, 0.4) is 0 Å². The molecule has 1 aromatic rings. The number of rotatable bonds is 13. The molecule has 0 bridgehead atoms. The van der Waals surface area contributed by atoms with Gasteiger partial charge in [0.05, 0.1) is 6.26 Å². The Balaban J connectivity index is 3.00. The van der Waals surface area contributed by atoms with Crippen molar-refractivity contribution in [1.82, 2.24) is 9.34 Å². The smallest absolute Gasteiger partial charge is 0.346 e. The van der Waals surface area contributed by atoms with Crippen molar-refractivity contribution in [2.45, 2.75) is 6.61 Å². The van der Waals surface area contributed by atoms with Crippen LogP contribution in [0.15, 0.2) is 22.8 Å². The van der Waals surface area contributed by atoms with Crippen molar-refractivity contribution in [2.75, 3.05) is 49.7 Å². The number of furan rings is 1. The predicted octanol–water partition coefficient (Wildman–Crippen LogP) is 4.46. The van der Waals surface area contributed by atoms with E-state index in [1.54, 1.807) is 21.5 Å². The molecule has 0 aliphatic rings. The van der Waals surface area contributed by atoms with Crippen molar-refractivity contribution in [1.29, 1.82) is 0 Å². The fourth-order valence-corrected chi connectivity index (χ4v) is 5.68. The fourth-order valence-electron chi connectivity index (χ4n) is 2.00. The Labute approximate surface area is 157 Å². The van der Waals surface area contributed by atoms with Gasteiger partial charge in [0, 0.05) is 49.7 Å². The van der Waals surface area contributed by atoms with Gasteiger partial charge in [-0.1, -0.05) is 0 Å². The molecule has 0 aromatic carbocycles. The van der Waals surface area contributed by atoms with Gasteiger partial charge in [0.15, 0.2) is 0 Å². The van der Waals surface area contributed by atoms with Crippen molar-refractivity contribution in [3.63, 3.8) is 0 Å². The molecule has 0 fully saturated rings. The number of halogens is 4. The van der Waals surface area contributed by atoms with Gasteiger partial charge < -0.3 is 4.42 Å². The van der Waals surface area contributed by atoms with Crippen molar-refractivity contribution in [3.8, 4) is 0 Å². The average molecular weight is 426 g/mol. The summed E-state index contributed by atoms with van der Waals surface area (Å²) in [4.78, 5) is 0. The van der Waals surface area contributed by atoms with Gasteiger partial charge in [0.1, 0.15) is 12.4 Å². The summed E-state index contributed by atoms with van der Waals surface area (Å²) in [6, 6.07) is 3.50. The molecule has 0 spiro atoms. The Morgan fingerprint density at radius 3 is 1.78 bits per heavy atom. The molecule has 134 valence electrons. The molecule has 0 radical (unpaired) electrons. The second kappa shape index (κ2) is 12.0. The summed E-state index contributed by atoms with van der Waals surface area (Å²) in [6.07, 6.45) is 1.54. The van der Waals surface area contributed by atoms with E-state index in [1.165, 1.54) is 6.26 Å². The molecular formula is C13H21Cl4N2O3P. The zero-order valence-electron chi connectivity index (χ0n) is 12.7. The molecule has 1 rings (SSSR count). The molecule has 0 aliphatic carbocycles. The van der Waals surface area contributed by atoms with E-state index in [1.807, 2.05) is 0 Å².